The lowest BCUT2D eigenvalue weighted by Crippen LogP contribution is -2.27. The molecule has 0 aliphatic carbocycles. The Morgan fingerprint density at radius 3 is 2.17 bits per heavy atom. The fourth-order valence-corrected chi connectivity index (χ4v) is 5.72. The number of amides is 2. The number of hydrogen-bond acceptors (Lipinski definition) is 7. The summed E-state index contributed by atoms with van der Waals surface area (Å²) in [5, 5.41) is 11.1. The highest BCUT2D eigenvalue weighted by atomic mass is 35.5. The fourth-order valence-electron chi connectivity index (χ4n) is 5.31. The van der Waals surface area contributed by atoms with Crippen LogP contribution in [0.4, 0.5) is 38.0 Å². The van der Waals surface area contributed by atoms with Gasteiger partial charge in [-0.1, -0.05) is 36.4 Å². The summed E-state index contributed by atoms with van der Waals surface area (Å²) in [6.07, 6.45) is -1.22. The zero-order chi connectivity index (χ0) is 34.3. The Hall–Kier alpha value is -4.73. The quantitative estimate of drug-likeness (QED) is 0.0938. The second-order valence-electron chi connectivity index (χ2n) is 12.3. The molecule has 250 valence electrons. The fraction of sp³-hybridized carbons (Fsp3) is 0.270. The number of ether oxygens (including phenoxy) is 2. The second kappa shape index (κ2) is 15.4. The van der Waals surface area contributed by atoms with Crippen LogP contribution in [0.5, 0.6) is 0 Å². The molecule has 48 heavy (non-hydrogen) atoms. The maximum atomic E-state index is 12.8. The molecule has 2 amide bonds. The second-order valence-corrected chi connectivity index (χ2v) is 13.0. The third-order valence-electron chi connectivity index (χ3n) is 7.38. The van der Waals surface area contributed by atoms with Gasteiger partial charge in [0.1, 0.15) is 12.2 Å². The van der Waals surface area contributed by atoms with Crippen LogP contribution >= 0.6 is 23.2 Å². The van der Waals surface area contributed by atoms with Gasteiger partial charge >= 0.3 is 12.2 Å². The highest BCUT2D eigenvalue weighted by molar-refractivity contribution is 6.18. The van der Waals surface area contributed by atoms with Crippen LogP contribution in [-0.2, 0) is 16.1 Å². The molecule has 0 aliphatic rings. The Morgan fingerprint density at radius 1 is 0.792 bits per heavy atom. The van der Waals surface area contributed by atoms with Gasteiger partial charge in [0.05, 0.1) is 16.7 Å². The average Bonchev–Trinajstić information content (AvgIpc) is 3.03. The number of carbonyl (C=O) groups is 2. The molecule has 0 unspecified atom stereocenters. The summed E-state index contributed by atoms with van der Waals surface area (Å²) in [6.45, 7) is 8.70. The molecular formula is C37H39Cl2N5O4. The Labute approximate surface area is 290 Å². The van der Waals surface area contributed by atoms with Crippen LogP contribution in [0.25, 0.3) is 21.8 Å². The van der Waals surface area contributed by atoms with E-state index in [2.05, 4.69) is 20.9 Å². The van der Waals surface area contributed by atoms with Crippen molar-refractivity contribution in [1.82, 2.24) is 4.98 Å². The standard InChI is InChI=1S/C37H39Cl2N5O4/c1-24-8-7-10-31-33(24)43-32-11-6-5-9-30(32)34(31)40-27-20-25(21-28(22-27)42-36(46)48-37(2,3)4)23-47-35(45)41-26-12-14-29(15-13-26)44(18-16-38)19-17-39/h5-15,20-22H,16-19,23H2,1-4H3,(H,40,43)(H,41,45)(H,42,46). The van der Waals surface area contributed by atoms with E-state index in [9.17, 15) is 9.59 Å². The number of halogens is 2. The number of carbonyl (C=O) groups excluding carboxylic acids is 2. The van der Waals surface area contributed by atoms with E-state index < -0.39 is 17.8 Å². The average molecular weight is 689 g/mol. The molecule has 0 saturated carbocycles. The topological polar surface area (TPSA) is 105 Å². The zero-order valence-electron chi connectivity index (χ0n) is 27.4. The lowest BCUT2D eigenvalue weighted by molar-refractivity contribution is 0.0635. The van der Waals surface area contributed by atoms with Gasteiger partial charge in [0.15, 0.2) is 0 Å². The Kier molecular flexibility index (Phi) is 11.1. The molecule has 1 aromatic heterocycles. The van der Waals surface area contributed by atoms with Crippen molar-refractivity contribution in [2.24, 2.45) is 0 Å². The van der Waals surface area contributed by atoms with Crippen molar-refractivity contribution in [3.63, 3.8) is 0 Å². The minimum Gasteiger partial charge on any atom is -0.444 e. The number of pyridine rings is 1. The van der Waals surface area contributed by atoms with Gasteiger partial charge in [-0.05, 0) is 87.4 Å². The Balaban J connectivity index is 1.39. The Bertz CT molecular complexity index is 1910. The van der Waals surface area contributed by atoms with E-state index in [1.807, 2.05) is 73.7 Å². The highest BCUT2D eigenvalue weighted by Crippen LogP contribution is 2.35. The largest absolute Gasteiger partial charge is 0.444 e. The summed E-state index contributed by atoms with van der Waals surface area (Å²) < 4.78 is 11.1. The summed E-state index contributed by atoms with van der Waals surface area (Å²) in [5.41, 5.74) is 6.32. The van der Waals surface area contributed by atoms with Crippen LogP contribution in [0.2, 0.25) is 0 Å². The molecule has 0 atom stereocenters. The maximum absolute atomic E-state index is 12.8. The highest BCUT2D eigenvalue weighted by Gasteiger charge is 2.18. The van der Waals surface area contributed by atoms with Gasteiger partial charge in [-0.25, -0.2) is 14.6 Å². The molecule has 4 aromatic carbocycles. The number of benzene rings is 4. The molecule has 0 aliphatic heterocycles. The first-order valence-corrected chi connectivity index (χ1v) is 16.7. The van der Waals surface area contributed by atoms with Crippen molar-refractivity contribution in [2.75, 3.05) is 45.7 Å². The number of hydrogen-bond donors (Lipinski definition) is 3. The summed E-state index contributed by atoms with van der Waals surface area (Å²) in [6, 6.07) is 26.8. The van der Waals surface area contributed by atoms with Crippen LogP contribution in [0.1, 0.15) is 31.9 Å². The van der Waals surface area contributed by atoms with E-state index in [1.54, 1.807) is 39.0 Å². The van der Waals surface area contributed by atoms with Crippen molar-refractivity contribution >= 4 is 85.6 Å². The van der Waals surface area contributed by atoms with Gasteiger partial charge in [0.25, 0.3) is 0 Å². The van der Waals surface area contributed by atoms with Gasteiger partial charge < -0.3 is 19.7 Å². The van der Waals surface area contributed by atoms with E-state index in [0.29, 0.717) is 47.5 Å². The predicted octanol–water partition coefficient (Wildman–Crippen LogP) is 9.82. The molecule has 0 radical (unpaired) electrons. The summed E-state index contributed by atoms with van der Waals surface area (Å²) in [5.74, 6) is 0.953. The normalized spacial score (nSPS) is 11.3. The number of aromatic nitrogens is 1. The van der Waals surface area contributed by atoms with Crippen LogP contribution < -0.4 is 20.9 Å². The van der Waals surface area contributed by atoms with E-state index in [1.165, 1.54) is 0 Å². The van der Waals surface area contributed by atoms with E-state index in [-0.39, 0.29) is 6.61 Å². The SMILES string of the molecule is Cc1cccc2c(Nc3cc(COC(=O)Nc4ccc(N(CCCl)CCCl)cc4)cc(NC(=O)OC(C)(C)C)c3)c3ccccc3nc12. The van der Waals surface area contributed by atoms with Gasteiger partial charge in [-0.2, -0.15) is 0 Å². The van der Waals surface area contributed by atoms with Crippen LogP contribution in [0.15, 0.2) is 84.9 Å². The molecule has 1 heterocycles. The molecule has 5 rings (SSSR count). The molecule has 0 saturated heterocycles. The molecular weight excluding hydrogens is 649 g/mol. The number of fused-ring (bicyclic) bond motifs is 2. The molecule has 11 heteroatoms. The first kappa shape index (κ1) is 34.6. The maximum Gasteiger partial charge on any atom is 0.412 e. The van der Waals surface area contributed by atoms with E-state index in [0.717, 1.165) is 38.7 Å². The van der Waals surface area contributed by atoms with Crippen molar-refractivity contribution in [2.45, 2.75) is 39.9 Å². The summed E-state index contributed by atoms with van der Waals surface area (Å²) >= 11 is 11.9. The monoisotopic (exact) mass is 687 g/mol. The molecule has 0 spiro atoms. The van der Waals surface area contributed by atoms with Crippen LogP contribution in [-0.4, -0.2) is 47.6 Å². The van der Waals surface area contributed by atoms with Crippen molar-refractivity contribution in [1.29, 1.82) is 0 Å². The number of para-hydroxylation sites is 2. The van der Waals surface area contributed by atoms with Crippen molar-refractivity contribution in [3.05, 3.63) is 96.1 Å². The van der Waals surface area contributed by atoms with Gasteiger partial charge in [-0.3, -0.25) is 10.6 Å². The van der Waals surface area contributed by atoms with E-state index >= 15 is 0 Å². The molecule has 9 nitrogen and oxygen atoms in total. The Morgan fingerprint density at radius 2 is 1.46 bits per heavy atom. The number of anilines is 5. The number of nitrogens with one attached hydrogen (secondary N) is 3. The molecule has 3 N–H and O–H groups in total. The number of alkyl halides is 2. The van der Waals surface area contributed by atoms with Crippen molar-refractivity contribution in [3.8, 4) is 0 Å². The zero-order valence-corrected chi connectivity index (χ0v) is 28.9. The minimum atomic E-state index is -0.679. The first-order chi connectivity index (χ1) is 23.0. The number of aryl methyl sites for hydroxylation is 1. The smallest absolute Gasteiger partial charge is 0.412 e. The lowest BCUT2D eigenvalue weighted by atomic mass is 10.0. The number of rotatable bonds is 11. The van der Waals surface area contributed by atoms with Crippen LogP contribution in [0.3, 0.4) is 0 Å². The first-order valence-electron chi connectivity index (χ1n) is 15.6. The molecule has 0 bridgehead atoms. The minimum absolute atomic E-state index is 0.0569. The third-order valence-corrected chi connectivity index (χ3v) is 7.72. The van der Waals surface area contributed by atoms with E-state index in [4.69, 9.17) is 37.7 Å². The summed E-state index contributed by atoms with van der Waals surface area (Å²) in [4.78, 5) is 32.6. The van der Waals surface area contributed by atoms with Gasteiger partial charge in [0, 0.05) is 58.4 Å². The molecule has 0 fully saturated rings. The van der Waals surface area contributed by atoms with Gasteiger partial charge in [0.2, 0.25) is 0 Å². The number of nitrogens with zero attached hydrogens (tertiary/aromatic N) is 2. The predicted molar refractivity (Wildman–Crippen MR) is 197 cm³/mol. The van der Waals surface area contributed by atoms with Crippen LogP contribution in [0, 0.1) is 6.92 Å². The summed E-state index contributed by atoms with van der Waals surface area (Å²) in [7, 11) is 0. The van der Waals surface area contributed by atoms with Crippen molar-refractivity contribution < 1.29 is 19.1 Å². The molecule has 5 aromatic rings. The van der Waals surface area contributed by atoms with Gasteiger partial charge in [-0.15, -0.1) is 23.2 Å². The third kappa shape index (κ3) is 8.99. The lowest BCUT2D eigenvalue weighted by Gasteiger charge is -2.23.